The fraction of sp³-hybridized carbons (Fsp3) is 0.647. The molecule has 2 unspecified atom stereocenters. The van der Waals surface area contributed by atoms with E-state index in [0.717, 1.165) is 0 Å². The van der Waals surface area contributed by atoms with Gasteiger partial charge >= 0.3 is 27.8 Å². The van der Waals surface area contributed by atoms with Crippen LogP contribution in [0.1, 0.15) is 26.5 Å². The molecule has 3 heterocycles. The highest BCUT2D eigenvalue weighted by atomic mass is 31.2. The number of nitrogens with zero attached hydrogens (tertiary/aromatic N) is 4. The number of carbonyl (C=O) groups is 1. The van der Waals surface area contributed by atoms with Gasteiger partial charge in [0.1, 0.15) is 43.4 Å². The van der Waals surface area contributed by atoms with Crippen molar-refractivity contribution in [2.24, 2.45) is 5.50 Å². The van der Waals surface area contributed by atoms with Crippen molar-refractivity contribution in [3.05, 3.63) is 12.7 Å². The molecule has 0 aliphatic carbocycles. The molecule has 1 aliphatic rings. The molecular weight excluding hydrogens is 508 g/mol. The van der Waals surface area contributed by atoms with Gasteiger partial charge in [-0.15, -0.1) is 0 Å². The van der Waals surface area contributed by atoms with Crippen LogP contribution in [0.25, 0.3) is 11.2 Å². The van der Waals surface area contributed by atoms with Gasteiger partial charge in [-0.3, -0.25) is 23.4 Å². The molecule has 5 atom stereocenters. The van der Waals surface area contributed by atoms with Gasteiger partial charge in [-0.1, -0.05) is 4.57 Å². The molecule has 2 aromatic rings. The molecule has 1 saturated heterocycles. The maximum Gasteiger partial charge on any atom is 0.437 e. The van der Waals surface area contributed by atoms with Gasteiger partial charge < -0.3 is 20.1 Å². The van der Waals surface area contributed by atoms with E-state index >= 15 is 0 Å². The summed E-state index contributed by atoms with van der Waals surface area (Å²) in [7, 11) is -5.44. The largest absolute Gasteiger partial charge is 0.462 e. The number of hydrogen-bond donors (Lipinski definition) is 4. The first kappa shape index (κ1) is 27.5. The van der Waals surface area contributed by atoms with Crippen LogP contribution in [0.3, 0.4) is 0 Å². The number of fused-ring (bicyclic) bond motifs is 1. The van der Waals surface area contributed by atoms with Gasteiger partial charge in [-0.2, -0.15) is 0 Å². The number of imidazole rings is 1. The first-order valence-electron chi connectivity index (χ1n) is 10.6. The van der Waals surface area contributed by atoms with Gasteiger partial charge in [0, 0.05) is 6.42 Å². The van der Waals surface area contributed by atoms with Gasteiger partial charge in [0.05, 0.1) is 19.5 Å². The van der Waals surface area contributed by atoms with Crippen LogP contribution in [-0.2, 0) is 37.4 Å². The fourth-order valence-electron chi connectivity index (χ4n) is 3.47. The van der Waals surface area contributed by atoms with Crippen molar-refractivity contribution in [1.82, 2.24) is 24.8 Å². The minimum atomic E-state index is -4.38. The molecular formula is C17H28N7O9P2+. The van der Waals surface area contributed by atoms with Crippen molar-refractivity contribution < 1.29 is 42.3 Å². The van der Waals surface area contributed by atoms with E-state index in [4.69, 9.17) is 34.7 Å². The average Bonchev–Trinajstić information content (AvgIpc) is 3.40. The summed E-state index contributed by atoms with van der Waals surface area (Å²) in [6.07, 6.45) is 0.0910. The highest BCUT2D eigenvalue weighted by molar-refractivity contribution is 7.50. The lowest BCUT2D eigenvalue weighted by Gasteiger charge is -2.22. The molecule has 1 aliphatic heterocycles. The summed E-state index contributed by atoms with van der Waals surface area (Å²) < 4.78 is 51.8. The second kappa shape index (κ2) is 11.7. The Labute approximate surface area is 201 Å². The van der Waals surface area contributed by atoms with Gasteiger partial charge in [-0.05, 0) is 13.8 Å². The SMILES string of the molecule is CCOC(NCC(=O)OC[C@H]1O[C@@H](n2cnc3c(N)ncnc32)C[C@@H]1OP(N)(=O)O)(OCC)[PH+]=O. The van der Waals surface area contributed by atoms with Crippen molar-refractivity contribution in [3.8, 4) is 0 Å². The summed E-state index contributed by atoms with van der Waals surface area (Å²) in [6, 6.07) is 0. The first-order chi connectivity index (χ1) is 16.6. The molecule has 0 radical (unpaired) electrons. The van der Waals surface area contributed by atoms with E-state index in [9.17, 15) is 18.8 Å². The van der Waals surface area contributed by atoms with Crippen LogP contribution in [0.15, 0.2) is 12.7 Å². The predicted octanol–water partition coefficient (Wildman–Crippen LogP) is -0.0186. The van der Waals surface area contributed by atoms with Crippen LogP contribution in [-0.4, -0.2) is 74.6 Å². The topological polar surface area (TPSA) is 225 Å². The lowest BCUT2D eigenvalue weighted by atomic mass is 10.2. The summed E-state index contributed by atoms with van der Waals surface area (Å²) in [5.74, 6) is -0.570. The van der Waals surface area contributed by atoms with Gasteiger partial charge in [-0.25, -0.2) is 30.3 Å². The van der Waals surface area contributed by atoms with E-state index in [-0.39, 0.29) is 32.1 Å². The molecule has 2 aromatic heterocycles. The molecule has 6 N–H and O–H groups in total. The Morgan fingerprint density at radius 3 is 2.71 bits per heavy atom. The first-order valence-corrected chi connectivity index (χ1v) is 13.1. The maximum absolute atomic E-state index is 12.3. The molecule has 0 bridgehead atoms. The number of anilines is 1. The Balaban J connectivity index is 1.67. The molecule has 1 fully saturated rings. The van der Waals surface area contributed by atoms with Gasteiger partial charge in [0.25, 0.3) is 0 Å². The summed E-state index contributed by atoms with van der Waals surface area (Å²) >= 11 is 0. The van der Waals surface area contributed by atoms with E-state index in [1.165, 1.54) is 12.7 Å². The molecule has 16 nitrogen and oxygen atoms in total. The normalized spacial score (nSPS) is 22.5. The van der Waals surface area contributed by atoms with Crippen molar-refractivity contribution in [2.45, 2.75) is 44.4 Å². The molecule has 0 saturated carbocycles. The number of nitrogens with one attached hydrogen (secondary N) is 1. The number of ether oxygens (including phenoxy) is 4. The van der Waals surface area contributed by atoms with E-state index < -0.39 is 52.8 Å². The number of esters is 1. The molecule has 194 valence electrons. The van der Waals surface area contributed by atoms with Crippen molar-refractivity contribution in [1.29, 1.82) is 0 Å². The number of rotatable bonds is 13. The third-order valence-electron chi connectivity index (χ3n) is 4.87. The van der Waals surface area contributed by atoms with Crippen molar-refractivity contribution in [3.63, 3.8) is 0 Å². The maximum atomic E-state index is 12.3. The Bertz CT molecular complexity index is 1080. The predicted molar refractivity (Wildman–Crippen MR) is 121 cm³/mol. The van der Waals surface area contributed by atoms with E-state index in [1.807, 2.05) is 0 Å². The number of nitrogens with two attached hydrogens (primary N) is 2. The highest BCUT2D eigenvalue weighted by Gasteiger charge is 2.43. The second-order valence-corrected chi connectivity index (χ2v) is 9.48. The van der Waals surface area contributed by atoms with Gasteiger partial charge in [0.2, 0.25) is 0 Å². The molecule has 3 rings (SSSR count). The van der Waals surface area contributed by atoms with Crippen LogP contribution in [0, 0.1) is 0 Å². The summed E-state index contributed by atoms with van der Waals surface area (Å²) in [6.45, 7) is 3.02. The summed E-state index contributed by atoms with van der Waals surface area (Å²) in [5.41, 5.74) is 10.1. The number of carbonyl (C=O) groups excluding carboxylic acids is 1. The van der Waals surface area contributed by atoms with E-state index in [0.29, 0.717) is 11.2 Å². The standard InChI is InChI=1S/C17H27N7O9P2/c1-3-30-17(34-26,31-4-2)23-6-13(25)29-7-11-10(33-35(19,27)28)5-12(32-11)24-9-22-14-15(18)20-8-21-16(14)24/h8-12,23H,3-7H2,1-2H3,(H2,18,20,21)(H3,19,27,28)/p+1/t10-,11+,12+/m0/s1. The van der Waals surface area contributed by atoms with Crippen LogP contribution < -0.4 is 16.6 Å². The van der Waals surface area contributed by atoms with Crippen LogP contribution in [0.4, 0.5) is 5.82 Å². The molecule has 35 heavy (non-hydrogen) atoms. The van der Waals surface area contributed by atoms with Gasteiger partial charge in [0.15, 0.2) is 11.5 Å². The molecule has 18 heteroatoms. The van der Waals surface area contributed by atoms with E-state index in [2.05, 4.69) is 20.3 Å². The average molecular weight is 536 g/mol. The smallest absolute Gasteiger partial charge is 0.437 e. The summed E-state index contributed by atoms with van der Waals surface area (Å²) in [4.78, 5) is 34.0. The van der Waals surface area contributed by atoms with Crippen molar-refractivity contribution >= 4 is 39.2 Å². The van der Waals surface area contributed by atoms with E-state index in [1.54, 1.807) is 18.4 Å². The highest BCUT2D eigenvalue weighted by Crippen LogP contribution is 2.41. The number of hydrogen-bond acceptors (Lipinski definition) is 13. The molecule has 0 aromatic carbocycles. The number of nitrogen functional groups attached to an aromatic ring is 1. The Morgan fingerprint density at radius 1 is 1.37 bits per heavy atom. The summed E-state index contributed by atoms with van der Waals surface area (Å²) in [5, 5.41) is 2.63. The zero-order chi connectivity index (χ0) is 25.6. The Morgan fingerprint density at radius 2 is 2.09 bits per heavy atom. The third-order valence-corrected chi connectivity index (χ3v) is 6.17. The number of aromatic nitrogens is 4. The Hall–Kier alpha value is -2.13. The molecule has 0 amide bonds. The van der Waals surface area contributed by atoms with Crippen molar-refractivity contribution in [2.75, 3.05) is 32.1 Å². The van der Waals surface area contributed by atoms with Crippen LogP contribution >= 0.6 is 16.2 Å². The quantitative estimate of drug-likeness (QED) is 0.150. The molecule has 0 spiro atoms. The minimum absolute atomic E-state index is 0.0761. The lowest BCUT2D eigenvalue weighted by Crippen LogP contribution is -2.48. The third kappa shape index (κ3) is 6.97. The Kier molecular flexibility index (Phi) is 9.21. The zero-order valence-corrected chi connectivity index (χ0v) is 20.9. The second-order valence-electron chi connectivity index (χ2n) is 7.28. The fourth-order valence-corrected chi connectivity index (χ4v) is 4.64. The zero-order valence-electron chi connectivity index (χ0n) is 19.0. The van der Waals surface area contributed by atoms with Crippen LogP contribution in [0.2, 0.25) is 0 Å². The van der Waals surface area contributed by atoms with Crippen LogP contribution in [0.5, 0.6) is 0 Å². The minimum Gasteiger partial charge on any atom is -0.462 e. The monoisotopic (exact) mass is 536 g/mol. The lowest BCUT2D eigenvalue weighted by molar-refractivity contribution is -0.192.